The Morgan fingerprint density at radius 2 is 1.75 bits per heavy atom. The van der Waals surface area contributed by atoms with Gasteiger partial charge in [0.25, 0.3) is 0 Å². The Labute approximate surface area is 80.3 Å². The molecule has 1 heteroatoms. The topological polar surface area (TPSA) is 0 Å². The van der Waals surface area contributed by atoms with Crippen LogP contribution in [0.15, 0.2) is 24.3 Å². The number of rotatable bonds is 2. The van der Waals surface area contributed by atoms with Gasteiger partial charge in [-0.2, -0.15) is 0 Å². The van der Waals surface area contributed by atoms with E-state index in [0.29, 0.717) is 5.92 Å². The summed E-state index contributed by atoms with van der Waals surface area (Å²) in [5.41, 5.74) is 0. The SMILES string of the molecule is CC(C)(Cl)CC1C=CCCC=C1. The van der Waals surface area contributed by atoms with Crippen molar-refractivity contribution in [2.75, 3.05) is 0 Å². The van der Waals surface area contributed by atoms with Crippen molar-refractivity contribution in [3.05, 3.63) is 24.3 Å². The van der Waals surface area contributed by atoms with Gasteiger partial charge in [0, 0.05) is 4.87 Å². The molecule has 0 atom stereocenters. The van der Waals surface area contributed by atoms with Crippen LogP contribution < -0.4 is 0 Å². The first-order chi connectivity index (χ1) is 5.58. The molecule has 1 aliphatic rings. The van der Waals surface area contributed by atoms with Gasteiger partial charge >= 0.3 is 0 Å². The first-order valence-electron chi connectivity index (χ1n) is 4.60. The van der Waals surface area contributed by atoms with Gasteiger partial charge in [0.2, 0.25) is 0 Å². The summed E-state index contributed by atoms with van der Waals surface area (Å²) in [4.78, 5) is -0.0797. The molecule has 0 aromatic rings. The van der Waals surface area contributed by atoms with Crippen molar-refractivity contribution in [3.8, 4) is 0 Å². The maximum absolute atomic E-state index is 6.15. The molecule has 0 N–H and O–H groups in total. The highest BCUT2D eigenvalue weighted by molar-refractivity contribution is 6.23. The lowest BCUT2D eigenvalue weighted by Crippen LogP contribution is -2.14. The highest BCUT2D eigenvalue weighted by Crippen LogP contribution is 2.26. The lowest BCUT2D eigenvalue weighted by atomic mass is 9.96. The van der Waals surface area contributed by atoms with Gasteiger partial charge in [0.15, 0.2) is 0 Å². The minimum atomic E-state index is -0.0797. The summed E-state index contributed by atoms with van der Waals surface area (Å²) in [6, 6.07) is 0. The van der Waals surface area contributed by atoms with Gasteiger partial charge in [0.05, 0.1) is 0 Å². The molecule has 0 saturated heterocycles. The third-order valence-electron chi connectivity index (χ3n) is 1.99. The Morgan fingerprint density at radius 3 is 2.17 bits per heavy atom. The number of halogens is 1. The molecule has 0 aliphatic heterocycles. The zero-order valence-electron chi connectivity index (χ0n) is 7.89. The van der Waals surface area contributed by atoms with E-state index >= 15 is 0 Å². The molecular formula is C11H17Cl. The van der Waals surface area contributed by atoms with Crippen molar-refractivity contribution in [3.63, 3.8) is 0 Å². The number of allylic oxidation sites excluding steroid dienone is 4. The third-order valence-corrected chi connectivity index (χ3v) is 2.14. The molecule has 0 spiro atoms. The minimum absolute atomic E-state index is 0.0797. The molecule has 68 valence electrons. The summed E-state index contributed by atoms with van der Waals surface area (Å²) >= 11 is 6.15. The molecule has 0 radical (unpaired) electrons. The maximum Gasteiger partial charge on any atom is 0.0399 e. The van der Waals surface area contributed by atoms with Crippen molar-refractivity contribution in [1.29, 1.82) is 0 Å². The van der Waals surface area contributed by atoms with E-state index in [9.17, 15) is 0 Å². The molecular weight excluding hydrogens is 168 g/mol. The predicted octanol–water partition coefficient (Wildman–Crippen LogP) is 3.92. The molecule has 0 amide bonds. The van der Waals surface area contributed by atoms with Gasteiger partial charge in [-0.05, 0) is 39.0 Å². The first-order valence-corrected chi connectivity index (χ1v) is 4.98. The average molecular weight is 185 g/mol. The van der Waals surface area contributed by atoms with Crippen LogP contribution in [0.4, 0.5) is 0 Å². The van der Waals surface area contributed by atoms with Crippen molar-refractivity contribution >= 4 is 11.6 Å². The van der Waals surface area contributed by atoms with E-state index in [1.165, 1.54) is 12.8 Å². The Bertz CT molecular complexity index is 170. The van der Waals surface area contributed by atoms with Crippen LogP contribution >= 0.6 is 11.6 Å². The Kier molecular flexibility index (Phi) is 3.39. The summed E-state index contributed by atoms with van der Waals surface area (Å²) in [6.07, 6.45) is 12.4. The second kappa shape index (κ2) is 4.13. The van der Waals surface area contributed by atoms with Gasteiger partial charge in [-0.15, -0.1) is 11.6 Å². The van der Waals surface area contributed by atoms with Crippen LogP contribution in [0.3, 0.4) is 0 Å². The van der Waals surface area contributed by atoms with Crippen molar-refractivity contribution < 1.29 is 0 Å². The Morgan fingerprint density at radius 1 is 1.25 bits per heavy atom. The fourth-order valence-electron chi connectivity index (χ4n) is 1.50. The van der Waals surface area contributed by atoms with E-state index in [4.69, 9.17) is 11.6 Å². The standard InChI is InChI=1S/C11H17Cl/c1-11(2,12)9-10-7-5-3-4-6-8-10/h5-8,10H,3-4,9H2,1-2H3. The summed E-state index contributed by atoms with van der Waals surface area (Å²) in [6.45, 7) is 4.14. The highest BCUT2D eigenvalue weighted by atomic mass is 35.5. The van der Waals surface area contributed by atoms with Crippen molar-refractivity contribution in [2.45, 2.75) is 38.0 Å². The second-order valence-electron chi connectivity index (χ2n) is 4.02. The molecule has 0 aromatic heterocycles. The number of alkyl halides is 1. The van der Waals surface area contributed by atoms with E-state index in [1.54, 1.807) is 0 Å². The summed E-state index contributed by atoms with van der Waals surface area (Å²) in [5.74, 6) is 0.542. The van der Waals surface area contributed by atoms with Crippen LogP contribution in [-0.2, 0) is 0 Å². The monoisotopic (exact) mass is 184 g/mol. The third kappa shape index (κ3) is 3.96. The molecule has 0 nitrogen and oxygen atoms in total. The zero-order valence-corrected chi connectivity index (χ0v) is 8.64. The largest absolute Gasteiger partial charge is 0.120 e. The number of hydrogen-bond acceptors (Lipinski definition) is 0. The van der Waals surface area contributed by atoms with Gasteiger partial charge in [0.1, 0.15) is 0 Å². The molecule has 1 rings (SSSR count). The van der Waals surface area contributed by atoms with E-state index in [0.717, 1.165) is 6.42 Å². The van der Waals surface area contributed by atoms with E-state index < -0.39 is 0 Å². The normalized spacial score (nSPS) is 19.6. The van der Waals surface area contributed by atoms with Gasteiger partial charge in [-0.25, -0.2) is 0 Å². The lowest BCUT2D eigenvalue weighted by molar-refractivity contribution is 0.567. The van der Waals surface area contributed by atoms with E-state index in [2.05, 4.69) is 38.2 Å². The summed E-state index contributed by atoms with van der Waals surface area (Å²) < 4.78 is 0. The minimum Gasteiger partial charge on any atom is -0.120 e. The van der Waals surface area contributed by atoms with Crippen LogP contribution in [0.2, 0.25) is 0 Å². The zero-order chi connectivity index (χ0) is 9.03. The van der Waals surface area contributed by atoms with Crippen LogP contribution in [-0.4, -0.2) is 4.87 Å². The molecule has 1 aliphatic carbocycles. The van der Waals surface area contributed by atoms with Crippen LogP contribution in [0, 0.1) is 5.92 Å². The fraction of sp³-hybridized carbons (Fsp3) is 0.636. The maximum atomic E-state index is 6.15. The molecule has 0 unspecified atom stereocenters. The first kappa shape index (κ1) is 9.85. The van der Waals surface area contributed by atoms with Gasteiger partial charge < -0.3 is 0 Å². The second-order valence-corrected chi connectivity index (χ2v) is 5.04. The average Bonchev–Trinajstić information content (AvgIpc) is 2.12. The summed E-state index contributed by atoms with van der Waals surface area (Å²) in [5, 5.41) is 0. The quantitative estimate of drug-likeness (QED) is 0.451. The van der Waals surface area contributed by atoms with Crippen molar-refractivity contribution in [1.82, 2.24) is 0 Å². The molecule has 12 heavy (non-hydrogen) atoms. The molecule has 0 saturated carbocycles. The van der Waals surface area contributed by atoms with Crippen LogP contribution in [0.25, 0.3) is 0 Å². The van der Waals surface area contributed by atoms with E-state index in [-0.39, 0.29) is 4.87 Å². The Balaban J connectivity index is 2.50. The molecule has 0 aromatic carbocycles. The van der Waals surface area contributed by atoms with Crippen LogP contribution in [0.1, 0.15) is 33.1 Å². The van der Waals surface area contributed by atoms with Crippen molar-refractivity contribution in [2.24, 2.45) is 5.92 Å². The van der Waals surface area contributed by atoms with Crippen LogP contribution in [0.5, 0.6) is 0 Å². The molecule has 0 bridgehead atoms. The molecule has 0 heterocycles. The smallest absolute Gasteiger partial charge is 0.0399 e. The lowest BCUT2D eigenvalue weighted by Gasteiger charge is -2.18. The molecule has 0 fully saturated rings. The predicted molar refractivity (Wildman–Crippen MR) is 55.6 cm³/mol. The summed E-state index contributed by atoms with van der Waals surface area (Å²) in [7, 11) is 0. The Hall–Kier alpha value is -0.230. The van der Waals surface area contributed by atoms with Gasteiger partial charge in [-0.3, -0.25) is 0 Å². The van der Waals surface area contributed by atoms with E-state index in [1.807, 2.05) is 0 Å². The number of hydrogen-bond donors (Lipinski definition) is 0. The highest BCUT2D eigenvalue weighted by Gasteiger charge is 2.17. The fourth-order valence-corrected chi connectivity index (χ4v) is 1.67. The van der Waals surface area contributed by atoms with Gasteiger partial charge in [-0.1, -0.05) is 24.3 Å².